The average Bonchev–Trinajstić information content (AvgIpc) is 2.79. The minimum atomic E-state index is -9.16. The molecule has 1 atom stereocenters. The molecule has 22 heteroatoms. The van der Waals surface area contributed by atoms with Crippen LogP contribution in [0.2, 0.25) is 0 Å². The summed E-state index contributed by atoms with van der Waals surface area (Å²) in [5.41, 5.74) is 0. The van der Waals surface area contributed by atoms with Crippen molar-refractivity contribution in [1.29, 1.82) is 0 Å². The summed E-state index contributed by atoms with van der Waals surface area (Å²) in [6, 6.07) is 0. The number of unbranched alkanes of at least 4 members (excludes halogenated alkanes) is 2. The highest BCUT2D eigenvalue weighted by molar-refractivity contribution is 14.1. The van der Waals surface area contributed by atoms with Crippen LogP contribution >= 0.6 is 22.6 Å². The highest BCUT2D eigenvalue weighted by Crippen LogP contribution is 2.67. The fourth-order valence-corrected chi connectivity index (χ4v) is 3.78. The van der Waals surface area contributed by atoms with Crippen LogP contribution in [0.1, 0.15) is 39.5 Å². The normalized spacial score (nSPS) is 17.2. The third-order valence-electron chi connectivity index (χ3n) is 5.68. The van der Waals surface area contributed by atoms with Crippen LogP contribution < -0.4 is 0 Å². The van der Waals surface area contributed by atoms with Gasteiger partial charge in [0.05, 0.1) is 5.92 Å². The Bertz CT molecular complexity index is 930. The lowest BCUT2D eigenvalue weighted by Gasteiger charge is -2.45. The zero-order valence-corrected chi connectivity index (χ0v) is 22.0. The Morgan fingerprint density at radius 2 is 0.805 bits per heavy atom. The van der Waals surface area contributed by atoms with Crippen molar-refractivity contribution in [3.8, 4) is 0 Å². The summed E-state index contributed by atoms with van der Waals surface area (Å²) in [7, 11) is 0. The Morgan fingerprint density at radius 3 is 1.07 bits per heavy atom. The van der Waals surface area contributed by atoms with Gasteiger partial charge in [0, 0.05) is 0 Å². The summed E-state index contributed by atoms with van der Waals surface area (Å²) < 4.78 is 284. The summed E-state index contributed by atoms with van der Waals surface area (Å²) in [6.45, 7) is 2.20. The van der Waals surface area contributed by atoms with Gasteiger partial charge in [-0.15, -0.1) is 0 Å². The van der Waals surface area contributed by atoms with Crippen molar-refractivity contribution in [2.75, 3.05) is 0 Å². The maximum atomic E-state index is 14.6. The van der Waals surface area contributed by atoms with Gasteiger partial charge in [-0.3, -0.25) is 0 Å². The zero-order valence-electron chi connectivity index (χ0n) is 19.8. The standard InChI is InChI=1S/C19H16F21I/c1-3-5-6-7-8(9(41)4-2)10(20,21)11(22,23)12(24,25)13(26,27)14(28,29)15(30,31)16(32,33)17(34,35)18(36,37)19(38,39)40/h4,8H,3,5-7H2,1-2H3/b9-4-. The van der Waals surface area contributed by atoms with Gasteiger partial charge in [-0.05, 0) is 39.5 Å². The Hall–Kier alpha value is -1.00. The van der Waals surface area contributed by atoms with Gasteiger partial charge >= 0.3 is 59.5 Å². The molecule has 0 amide bonds. The number of rotatable bonds is 14. The van der Waals surface area contributed by atoms with Crippen LogP contribution in [0.15, 0.2) is 9.66 Å². The van der Waals surface area contributed by atoms with Crippen molar-refractivity contribution in [2.24, 2.45) is 5.92 Å². The van der Waals surface area contributed by atoms with Crippen molar-refractivity contribution < 1.29 is 92.2 Å². The summed E-state index contributed by atoms with van der Waals surface area (Å²) in [4.78, 5) is 0. The van der Waals surface area contributed by atoms with Crippen LogP contribution in [0, 0.1) is 5.92 Å². The van der Waals surface area contributed by atoms with Crippen LogP contribution in [-0.2, 0) is 0 Å². The van der Waals surface area contributed by atoms with Crippen LogP contribution in [0.5, 0.6) is 0 Å². The monoisotopic (exact) mass is 770 g/mol. The second kappa shape index (κ2) is 11.5. The summed E-state index contributed by atoms with van der Waals surface area (Å²) >= 11 is 0.797. The Kier molecular flexibility index (Phi) is 11.2. The van der Waals surface area contributed by atoms with Gasteiger partial charge in [0.2, 0.25) is 0 Å². The molecular formula is C19H16F21I. The third kappa shape index (κ3) is 5.67. The lowest BCUT2D eigenvalue weighted by Crippen LogP contribution is -2.77. The first kappa shape index (κ1) is 40.0. The van der Waals surface area contributed by atoms with Crippen molar-refractivity contribution in [3.63, 3.8) is 0 Å². The number of hydrogen-bond acceptors (Lipinski definition) is 0. The molecule has 0 aliphatic heterocycles. The Morgan fingerprint density at radius 1 is 0.512 bits per heavy atom. The topological polar surface area (TPSA) is 0 Å². The lowest BCUT2D eigenvalue weighted by atomic mass is 9.82. The van der Waals surface area contributed by atoms with Gasteiger partial charge < -0.3 is 0 Å². The van der Waals surface area contributed by atoms with Crippen LogP contribution in [0.25, 0.3) is 0 Å². The first-order chi connectivity index (χ1) is 17.7. The van der Waals surface area contributed by atoms with E-state index in [0.717, 1.165) is 29.5 Å². The molecule has 0 rings (SSSR count). The zero-order chi connectivity index (χ0) is 33.7. The van der Waals surface area contributed by atoms with Crippen LogP contribution in [-0.4, -0.2) is 59.5 Å². The smallest absolute Gasteiger partial charge is 0.199 e. The molecule has 0 aliphatic carbocycles. The fraction of sp³-hybridized carbons (Fsp3) is 0.895. The molecule has 0 saturated heterocycles. The molecule has 0 aromatic heterocycles. The maximum Gasteiger partial charge on any atom is 0.460 e. The van der Waals surface area contributed by atoms with Crippen molar-refractivity contribution in [2.45, 2.75) is 99.0 Å². The molecule has 0 heterocycles. The molecule has 0 radical (unpaired) electrons. The van der Waals surface area contributed by atoms with Crippen molar-refractivity contribution in [3.05, 3.63) is 9.66 Å². The van der Waals surface area contributed by atoms with E-state index in [9.17, 15) is 92.2 Å². The molecule has 1 unspecified atom stereocenters. The Labute approximate surface area is 229 Å². The molecule has 0 spiro atoms. The predicted octanol–water partition coefficient (Wildman–Crippen LogP) is 10.8. The highest BCUT2D eigenvalue weighted by Gasteiger charge is 2.98. The van der Waals surface area contributed by atoms with Crippen molar-refractivity contribution >= 4 is 22.6 Å². The van der Waals surface area contributed by atoms with Gasteiger partial charge in [0.25, 0.3) is 0 Å². The molecule has 0 aromatic rings. The molecule has 0 fully saturated rings. The molecule has 41 heavy (non-hydrogen) atoms. The fourth-order valence-electron chi connectivity index (χ4n) is 3.08. The maximum absolute atomic E-state index is 14.6. The molecule has 0 aliphatic rings. The van der Waals surface area contributed by atoms with E-state index < -0.39 is 81.8 Å². The first-order valence-corrected chi connectivity index (χ1v) is 11.5. The quantitative estimate of drug-likeness (QED) is 0.0938. The summed E-state index contributed by atoms with van der Waals surface area (Å²) in [6.07, 6.45) is -9.26. The van der Waals surface area contributed by atoms with Gasteiger partial charge in [0.15, 0.2) is 0 Å². The van der Waals surface area contributed by atoms with Gasteiger partial charge in [-0.25, -0.2) is 0 Å². The van der Waals surface area contributed by atoms with Crippen molar-refractivity contribution in [1.82, 2.24) is 0 Å². The second-order valence-electron chi connectivity index (χ2n) is 8.44. The second-order valence-corrected chi connectivity index (χ2v) is 9.68. The van der Waals surface area contributed by atoms with E-state index in [2.05, 4.69) is 0 Å². The minimum absolute atomic E-state index is 0.103. The average molecular weight is 770 g/mol. The number of alkyl halides is 21. The van der Waals surface area contributed by atoms with E-state index in [1.807, 2.05) is 0 Å². The van der Waals surface area contributed by atoms with E-state index in [1.54, 1.807) is 0 Å². The van der Waals surface area contributed by atoms with Crippen LogP contribution in [0.4, 0.5) is 92.2 Å². The van der Waals surface area contributed by atoms with E-state index >= 15 is 0 Å². The van der Waals surface area contributed by atoms with E-state index in [4.69, 9.17) is 0 Å². The lowest BCUT2D eigenvalue weighted by molar-refractivity contribution is -0.475. The molecular weight excluding hydrogens is 754 g/mol. The highest BCUT2D eigenvalue weighted by atomic mass is 127. The number of hydrogen-bond donors (Lipinski definition) is 0. The molecule has 0 saturated carbocycles. The predicted molar refractivity (Wildman–Crippen MR) is 106 cm³/mol. The van der Waals surface area contributed by atoms with Gasteiger partial charge in [-0.2, -0.15) is 92.2 Å². The molecule has 0 bridgehead atoms. The molecule has 0 N–H and O–H groups in total. The SMILES string of the molecule is C/C=C(\I)C(CCCCC)C(F)(F)C(F)(F)C(F)(F)C(F)(F)C(F)(F)C(F)(F)C(F)(F)C(F)(F)C(F)(F)C(F)(F)F. The van der Waals surface area contributed by atoms with Gasteiger partial charge in [0.1, 0.15) is 0 Å². The summed E-state index contributed by atoms with van der Waals surface area (Å²) in [5.74, 6) is -79.9. The van der Waals surface area contributed by atoms with E-state index in [-0.39, 0.29) is 12.8 Å². The van der Waals surface area contributed by atoms with Crippen LogP contribution in [0.3, 0.4) is 0 Å². The molecule has 0 nitrogen and oxygen atoms in total. The minimum Gasteiger partial charge on any atom is -0.199 e. The number of allylic oxidation sites excluding steroid dienone is 2. The molecule has 246 valence electrons. The summed E-state index contributed by atoms with van der Waals surface area (Å²) in [5, 5.41) is 0. The number of halogens is 22. The largest absolute Gasteiger partial charge is 0.460 e. The third-order valence-corrected chi connectivity index (χ3v) is 7.05. The first-order valence-electron chi connectivity index (χ1n) is 10.5. The van der Waals surface area contributed by atoms with E-state index in [1.165, 1.54) is 6.92 Å². The van der Waals surface area contributed by atoms with E-state index in [0.29, 0.717) is 6.08 Å². The Balaban J connectivity index is 7.19. The van der Waals surface area contributed by atoms with Gasteiger partial charge in [-0.1, -0.05) is 32.3 Å². The molecule has 0 aromatic carbocycles.